The molecule has 1 aliphatic rings. The zero-order valence-corrected chi connectivity index (χ0v) is 14.4. The maximum Gasteiger partial charge on any atom is 0.191 e. The summed E-state index contributed by atoms with van der Waals surface area (Å²) >= 11 is 0. The van der Waals surface area contributed by atoms with Crippen molar-refractivity contribution in [1.29, 1.82) is 0 Å². The lowest BCUT2D eigenvalue weighted by Gasteiger charge is -2.30. The molecule has 1 saturated heterocycles. The van der Waals surface area contributed by atoms with Crippen LogP contribution < -0.4 is 15.4 Å². The van der Waals surface area contributed by atoms with Crippen molar-refractivity contribution >= 4 is 5.96 Å². The third-order valence-electron chi connectivity index (χ3n) is 4.23. The van der Waals surface area contributed by atoms with Crippen LogP contribution in [0.4, 0.5) is 0 Å². The third-order valence-corrected chi connectivity index (χ3v) is 4.23. The first-order chi connectivity index (χ1) is 11.3. The Morgan fingerprint density at radius 1 is 1.17 bits per heavy atom. The Hall–Kier alpha value is -1.75. The first-order valence-corrected chi connectivity index (χ1v) is 8.62. The van der Waals surface area contributed by atoms with Gasteiger partial charge in [-0.25, -0.2) is 0 Å². The minimum Gasteiger partial charge on any atom is -0.492 e. The number of likely N-dealkylation sites (tertiary alicyclic amines) is 1. The predicted octanol–water partition coefficient (Wildman–Crippen LogP) is 1.96. The van der Waals surface area contributed by atoms with Crippen LogP contribution in [0.2, 0.25) is 0 Å². The average molecular weight is 318 g/mol. The van der Waals surface area contributed by atoms with Gasteiger partial charge in [0.15, 0.2) is 5.96 Å². The van der Waals surface area contributed by atoms with E-state index in [-0.39, 0.29) is 0 Å². The molecule has 1 aliphatic heterocycles. The summed E-state index contributed by atoms with van der Waals surface area (Å²) in [4.78, 5) is 6.77. The highest BCUT2D eigenvalue weighted by Crippen LogP contribution is 2.15. The second-order valence-electron chi connectivity index (χ2n) is 6.11. The second-order valence-corrected chi connectivity index (χ2v) is 6.11. The van der Waals surface area contributed by atoms with E-state index >= 15 is 0 Å². The molecular formula is C18H30N4O. The number of ether oxygens (including phenoxy) is 1. The van der Waals surface area contributed by atoms with Crippen LogP contribution in [0.3, 0.4) is 0 Å². The number of para-hydroxylation sites is 1. The first kappa shape index (κ1) is 17.6. The molecule has 0 unspecified atom stereocenters. The minimum absolute atomic E-state index is 0.620. The van der Waals surface area contributed by atoms with Gasteiger partial charge in [-0.15, -0.1) is 0 Å². The molecule has 0 aliphatic carbocycles. The molecule has 128 valence electrons. The summed E-state index contributed by atoms with van der Waals surface area (Å²) in [5, 5.41) is 6.65. The van der Waals surface area contributed by atoms with Crippen molar-refractivity contribution in [2.45, 2.75) is 19.8 Å². The lowest BCUT2D eigenvalue weighted by molar-refractivity contribution is 0.195. The zero-order valence-electron chi connectivity index (χ0n) is 14.4. The van der Waals surface area contributed by atoms with Crippen molar-refractivity contribution < 1.29 is 4.74 Å². The van der Waals surface area contributed by atoms with E-state index in [2.05, 4.69) is 27.4 Å². The molecule has 0 bridgehead atoms. The summed E-state index contributed by atoms with van der Waals surface area (Å²) in [5.41, 5.74) is 0. The summed E-state index contributed by atoms with van der Waals surface area (Å²) in [6.45, 7) is 8.14. The van der Waals surface area contributed by atoms with Crippen LogP contribution in [0.25, 0.3) is 0 Å². The van der Waals surface area contributed by atoms with E-state index in [1.165, 1.54) is 25.9 Å². The Balaban J connectivity index is 1.55. The molecule has 23 heavy (non-hydrogen) atoms. The number of benzene rings is 1. The van der Waals surface area contributed by atoms with Gasteiger partial charge in [0.1, 0.15) is 12.4 Å². The molecule has 1 heterocycles. The molecule has 0 amide bonds. The molecular weight excluding hydrogens is 288 g/mol. The van der Waals surface area contributed by atoms with Crippen molar-refractivity contribution in [3.8, 4) is 5.75 Å². The van der Waals surface area contributed by atoms with Gasteiger partial charge in [0, 0.05) is 20.1 Å². The van der Waals surface area contributed by atoms with E-state index in [1.807, 2.05) is 30.3 Å². The molecule has 5 nitrogen and oxygen atoms in total. The highest BCUT2D eigenvalue weighted by molar-refractivity contribution is 5.79. The van der Waals surface area contributed by atoms with E-state index in [9.17, 15) is 0 Å². The monoisotopic (exact) mass is 318 g/mol. The van der Waals surface area contributed by atoms with Crippen LogP contribution >= 0.6 is 0 Å². The summed E-state index contributed by atoms with van der Waals surface area (Å²) in [7, 11) is 1.80. The molecule has 1 aromatic carbocycles. The third kappa shape index (κ3) is 6.91. The molecule has 0 spiro atoms. The summed E-state index contributed by atoms with van der Waals surface area (Å²) in [6.07, 6.45) is 2.65. The quantitative estimate of drug-likeness (QED) is 0.458. The molecule has 5 heteroatoms. The van der Waals surface area contributed by atoms with E-state index in [1.54, 1.807) is 7.05 Å². The summed E-state index contributed by atoms with van der Waals surface area (Å²) in [6, 6.07) is 9.87. The van der Waals surface area contributed by atoms with Gasteiger partial charge in [-0.1, -0.05) is 25.1 Å². The van der Waals surface area contributed by atoms with Crippen LogP contribution in [0.5, 0.6) is 5.75 Å². The van der Waals surface area contributed by atoms with E-state index in [0.29, 0.717) is 6.61 Å². The molecule has 1 fully saturated rings. The fraction of sp³-hybridized carbons (Fsp3) is 0.611. The van der Waals surface area contributed by atoms with E-state index < -0.39 is 0 Å². The number of guanidine groups is 1. The van der Waals surface area contributed by atoms with E-state index in [0.717, 1.165) is 37.3 Å². The molecule has 0 radical (unpaired) electrons. The molecule has 0 saturated carbocycles. The summed E-state index contributed by atoms with van der Waals surface area (Å²) in [5.74, 6) is 2.63. The Morgan fingerprint density at radius 3 is 2.57 bits per heavy atom. The first-order valence-electron chi connectivity index (χ1n) is 8.62. The highest BCUT2D eigenvalue weighted by Gasteiger charge is 2.14. The van der Waals surface area contributed by atoms with Gasteiger partial charge >= 0.3 is 0 Å². The lowest BCUT2D eigenvalue weighted by atomic mass is 9.99. The van der Waals surface area contributed by atoms with Crippen molar-refractivity contribution in [1.82, 2.24) is 15.5 Å². The van der Waals surface area contributed by atoms with Crippen LogP contribution in [0.15, 0.2) is 35.3 Å². The lowest BCUT2D eigenvalue weighted by Crippen LogP contribution is -2.44. The van der Waals surface area contributed by atoms with Gasteiger partial charge in [-0.2, -0.15) is 0 Å². The summed E-state index contributed by atoms with van der Waals surface area (Å²) < 4.78 is 5.66. The maximum absolute atomic E-state index is 5.66. The maximum atomic E-state index is 5.66. The number of hydrogen-bond donors (Lipinski definition) is 2. The number of nitrogens with zero attached hydrogens (tertiary/aromatic N) is 2. The van der Waals surface area contributed by atoms with Crippen LogP contribution in [-0.4, -0.2) is 57.2 Å². The van der Waals surface area contributed by atoms with Crippen molar-refractivity contribution in [2.75, 3.05) is 46.4 Å². The van der Waals surface area contributed by atoms with Crippen molar-refractivity contribution in [2.24, 2.45) is 10.9 Å². The van der Waals surface area contributed by atoms with Gasteiger partial charge < -0.3 is 20.3 Å². The fourth-order valence-corrected chi connectivity index (χ4v) is 2.69. The smallest absolute Gasteiger partial charge is 0.191 e. The highest BCUT2D eigenvalue weighted by atomic mass is 16.5. The molecule has 2 N–H and O–H groups in total. The van der Waals surface area contributed by atoms with Gasteiger partial charge in [-0.3, -0.25) is 4.99 Å². The van der Waals surface area contributed by atoms with E-state index in [4.69, 9.17) is 4.74 Å². The number of hydrogen-bond acceptors (Lipinski definition) is 3. The Labute approximate surface area is 140 Å². The fourth-order valence-electron chi connectivity index (χ4n) is 2.69. The minimum atomic E-state index is 0.620. The van der Waals surface area contributed by atoms with Crippen LogP contribution in [0, 0.1) is 5.92 Å². The zero-order chi connectivity index (χ0) is 16.3. The Kier molecular flexibility index (Phi) is 7.73. The average Bonchev–Trinajstić information content (AvgIpc) is 2.59. The number of aliphatic imine (C=N–C) groups is 1. The number of piperidine rings is 1. The number of nitrogens with one attached hydrogen (secondary N) is 2. The number of rotatable bonds is 7. The largest absolute Gasteiger partial charge is 0.492 e. The van der Waals surface area contributed by atoms with Crippen LogP contribution in [0.1, 0.15) is 19.8 Å². The van der Waals surface area contributed by atoms with Crippen molar-refractivity contribution in [3.05, 3.63) is 30.3 Å². The Bertz CT molecular complexity index is 455. The van der Waals surface area contributed by atoms with Crippen LogP contribution in [-0.2, 0) is 0 Å². The van der Waals surface area contributed by atoms with Gasteiger partial charge in [0.25, 0.3) is 0 Å². The normalized spacial score (nSPS) is 17.0. The molecule has 2 rings (SSSR count). The topological polar surface area (TPSA) is 48.9 Å². The SMILES string of the molecule is CN=C(NCCOc1ccccc1)NCCN1CCC(C)CC1. The van der Waals surface area contributed by atoms with Gasteiger partial charge in [0.05, 0.1) is 6.54 Å². The molecule has 0 aromatic heterocycles. The molecule has 1 aromatic rings. The standard InChI is InChI=1S/C18H30N4O/c1-16-8-12-22(13-9-16)14-10-20-18(19-2)21-11-15-23-17-6-4-3-5-7-17/h3-7,16H,8-15H2,1-2H3,(H2,19,20,21). The van der Waals surface area contributed by atoms with Crippen molar-refractivity contribution in [3.63, 3.8) is 0 Å². The van der Waals surface area contributed by atoms with Gasteiger partial charge in [0.2, 0.25) is 0 Å². The Morgan fingerprint density at radius 2 is 1.87 bits per heavy atom. The predicted molar refractivity (Wildman–Crippen MR) is 96.1 cm³/mol. The van der Waals surface area contributed by atoms with Gasteiger partial charge in [-0.05, 0) is 44.0 Å². The molecule has 0 atom stereocenters. The second kappa shape index (κ2) is 10.1.